The number of imide groups is 1. The Balaban J connectivity index is 1.58. The number of hydrogen-bond donors (Lipinski definition) is 1. The first kappa shape index (κ1) is 19.6. The first-order chi connectivity index (χ1) is 12.7. The number of carbonyl (C=O) groups excluding carboxylic acids is 3. The Hall–Kier alpha value is -2.20. The summed E-state index contributed by atoms with van der Waals surface area (Å²) in [5, 5.41) is 2.08. The lowest BCUT2D eigenvalue weighted by atomic mass is 10.2. The fraction of sp³-hybridized carbons (Fsp3) is 0.353. The average molecular weight is 412 g/mol. The molecule has 0 aromatic heterocycles. The molecule has 2 fully saturated rings. The Morgan fingerprint density at radius 1 is 1.33 bits per heavy atom. The van der Waals surface area contributed by atoms with E-state index in [9.17, 15) is 27.2 Å². The fourth-order valence-corrected chi connectivity index (χ4v) is 5.38. The number of nitrogens with zero attached hydrogens (tertiary/aromatic N) is 1. The van der Waals surface area contributed by atoms with E-state index in [0.717, 1.165) is 4.90 Å². The third-order valence-electron chi connectivity index (χ3n) is 4.23. The van der Waals surface area contributed by atoms with E-state index in [2.05, 4.69) is 5.32 Å². The van der Waals surface area contributed by atoms with Gasteiger partial charge in [0.25, 0.3) is 11.1 Å². The lowest BCUT2D eigenvalue weighted by molar-refractivity contribution is -0.124. The molecule has 0 radical (unpaired) electrons. The van der Waals surface area contributed by atoms with E-state index in [-0.39, 0.29) is 34.9 Å². The lowest BCUT2D eigenvalue weighted by Crippen LogP contribution is -2.38. The summed E-state index contributed by atoms with van der Waals surface area (Å²) in [7, 11) is -3.10. The van der Waals surface area contributed by atoms with Crippen molar-refractivity contribution < 1.29 is 27.2 Å². The quantitative estimate of drug-likeness (QED) is 0.737. The maximum Gasteiger partial charge on any atom is 0.293 e. The number of hydrogen-bond acceptors (Lipinski definition) is 6. The zero-order valence-corrected chi connectivity index (χ0v) is 15.8. The summed E-state index contributed by atoms with van der Waals surface area (Å²) in [6.07, 6.45) is 1.55. The van der Waals surface area contributed by atoms with Crippen molar-refractivity contribution in [2.75, 3.05) is 18.1 Å². The largest absolute Gasteiger partial charge is 0.352 e. The number of rotatable bonds is 5. The van der Waals surface area contributed by atoms with Crippen LogP contribution in [0.25, 0.3) is 6.08 Å². The van der Waals surface area contributed by atoms with Gasteiger partial charge in [0.15, 0.2) is 9.84 Å². The van der Waals surface area contributed by atoms with Gasteiger partial charge in [-0.15, -0.1) is 0 Å². The molecule has 2 saturated heterocycles. The van der Waals surface area contributed by atoms with Gasteiger partial charge in [0, 0.05) is 24.6 Å². The molecule has 7 nitrogen and oxygen atoms in total. The van der Waals surface area contributed by atoms with Crippen LogP contribution in [0.3, 0.4) is 0 Å². The minimum absolute atomic E-state index is 0.0435. The molecular formula is C17H17FN2O5S2. The number of sulfone groups is 1. The van der Waals surface area contributed by atoms with Crippen molar-refractivity contribution in [1.29, 1.82) is 0 Å². The summed E-state index contributed by atoms with van der Waals surface area (Å²) in [6.45, 7) is -0.120. The maximum absolute atomic E-state index is 13.7. The molecule has 144 valence electrons. The highest BCUT2D eigenvalue weighted by Gasteiger charge is 2.35. The van der Waals surface area contributed by atoms with E-state index in [1.165, 1.54) is 24.3 Å². The molecule has 1 aromatic carbocycles. The summed E-state index contributed by atoms with van der Waals surface area (Å²) < 4.78 is 36.5. The second-order valence-electron chi connectivity index (χ2n) is 6.27. The molecule has 10 heteroatoms. The number of thioether (sulfide) groups is 1. The van der Waals surface area contributed by atoms with Gasteiger partial charge < -0.3 is 5.32 Å². The van der Waals surface area contributed by atoms with Crippen LogP contribution in [0.15, 0.2) is 29.2 Å². The van der Waals surface area contributed by atoms with Gasteiger partial charge in [0.1, 0.15) is 5.82 Å². The molecule has 1 atom stereocenters. The number of benzene rings is 1. The normalized spacial score (nSPS) is 23.2. The third kappa shape index (κ3) is 4.75. The summed E-state index contributed by atoms with van der Waals surface area (Å²) >= 11 is 0.691. The van der Waals surface area contributed by atoms with Gasteiger partial charge in [-0.2, -0.15) is 0 Å². The zero-order valence-electron chi connectivity index (χ0n) is 14.2. The SMILES string of the molecule is O=C(CCN1C(=O)SC(=Cc2ccccc2F)C1=O)NC1CCS(=O)(=O)C1. The standard InChI is InChI=1S/C17H17FN2O5S2/c18-13-4-2-1-3-11(13)9-14-16(22)20(17(23)26-14)7-5-15(21)19-12-6-8-27(24,25)10-12/h1-4,9,12H,5-8,10H2,(H,19,21). The van der Waals surface area contributed by atoms with E-state index < -0.39 is 38.7 Å². The topological polar surface area (TPSA) is 101 Å². The van der Waals surface area contributed by atoms with Crippen molar-refractivity contribution in [3.05, 3.63) is 40.6 Å². The summed E-state index contributed by atoms with van der Waals surface area (Å²) in [6, 6.07) is 5.45. The zero-order chi connectivity index (χ0) is 19.6. The Labute approximate surface area is 159 Å². The van der Waals surface area contributed by atoms with E-state index in [0.29, 0.717) is 18.2 Å². The van der Waals surface area contributed by atoms with Crippen molar-refractivity contribution in [2.45, 2.75) is 18.9 Å². The number of carbonyl (C=O) groups is 3. The predicted octanol–water partition coefficient (Wildman–Crippen LogP) is 1.56. The van der Waals surface area contributed by atoms with Crippen LogP contribution in [0.1, 0.15) is 18.4 Å². The number of amides is 3. The molecule has 1 aromatic rings. The first-order valence-corrected chi connectivity index (χ1v) is 10.9. The molecule has 1 N–H and O–H groups in total. The molecule has 2 aliphatic rings. The minimum Gasteiger partial charge on any atom is -0.352 e. The number of halogens is 1. The monoisotopic (exact) mass is 412 g/mol. The molecular weight excluding hydrogens is 395 g/mol. The Bertz CT molecular complexity index is 929. The van der Waals surface area contributed by atoms with Crippen LogP contribution >= 0.6 is 11.8 Å². The van der Waals surface area contributed by atoms with Crippen LogP contribution in [0, 0.1) is 5.82 Å². The van der Waals surface area contributed by atoms with Crippen LogP contribution in [-0.2, 0) is 19.4 Å². The summed E-state index contributed by atoms with van der Waals surface area (Å²) in [5.74, 6) is -1.55. The highest BCUT2D eigenvalue weighted by Crippen LogP contribution is 2.32. The Morgan fingerprint density at radius 2 is 2.07 bits per heavy atom. The molecule has 2 aliphatic heterocycles. The second-order valence-corrected chi connectivity index (χ2v) is 9.49. The van der Waals surface area contributed by atoms with Crippen LogP contribution in [0.2, 0.25) is 0 Å². The van der Waals surface area contributed by atoms with Gasteiger partial charge in [-0.1, -0.05) is 18.2 Å². The number of nitrogens with one attached hydrogen (secondary N) is 1. The van der Waals surface area contributed by atoms with Crippen LogP contribution in [-0.4, -0.2) is 54.5 Å². The van der Waals surface area contributed by atoms with Gasteiger partial charge in [-0.05, 0) is 30.3 Å². The van der Waals surface area contributed by atoms with Gasteiger partial charge in [-0.3, -0.25) is 19.3 Å². The van der Waals surface area contributed by atoms with Crippen molar-refractivity contribution in [3.63, 3.8) is 0 Å². The second kappa shape index (κ2) is 7.81. The molecule has 1 unspecified atom stereocenters. The van der Waals surface area contributed by atoms with Crippen molar-refractivity contribution in [1.82, 2.24) is 10.2 Å². The highest BCUT2D eigenvalue weighted by molar-refractivity contribution is 8.18. The molecule has 3 amide bonds. The van der Waals surface area contributed by atoms with Crippen molar-refractivity contribution >= 4 is 44.7 Å². The van der Waals surface area contributed by atoms with E-state index >= 15 is 0 Å². The molecule has 0 aliphatic carbocycles. The van der Waals surface area contributed by atoms with Crippen molar-refractivity contribution in [2.24, 2.45) is 0 Å². The van der Waals surface area contributed by atoms with Crippen LogP contribution < -0.4 is 5.32 Å². The first-order valence-electron chi connectivity index (χ1n) is 8.25. The average Bonchev–Trinajstić information content (AvgIpc) is 3.07. The van der Waals surface area contributed by atoms with Gasteiger partial charge in [0.2, 0.25) is 5.91 Å². The van der Waals surface area contributed by atoms with Gasteiger partial charge in [0.05, 0.1) is 16.4 Å². The van der Waals surface area contributed by atoms with E-state index in [1.807, 2.05) is 0 Å². The summed E-state index contributed by atoms with van der Waals surface area (Å²) in [4.78, 5) is 37.4. The molecule has 0 bridgehead atoms. The predicted molar refractivity (Wildman–Crippen MR) is 98.9 cm³/mol. The van der Waals surface area contributed by atoms with Gasteiger partial charge in [-0.25, -0.2) is 12.8 Å². The molecule has 2 heterocycles. The fourth-order valence-electron chi connectivity index (χ4n) is 2.85. The van der Waals surface area contributed by atoms with Crippen LogP contribution in [0.5, 0.6) is 0 Å². The van der Waals surface area contributed by atoms with Crippen molar-refractivity contribution in [3.8, 4) is 0 Å². The molecule has 0 saturated carbocycles. The van der Waals surface area contributed by atoms with Crippen LogP contribution in [0.4, 0.5) is 9.18 Å². The third-order valence-corrected chi connectivity index (χ3v) is 6.90. The Morgan fingerprint density at radius 3 is 2.74 bits per heavy atom. The minimum atomic E-state index is -3.10. The van der Waals surface area contributed by atoms with Gasteiger partial charge >= 0.3 is 0 Å². The van der Waals surface area contributed by atoms with E-state index in [1.54, 1.807) is 6.07 Å². The molecule has 3 rings (SSSR count). The maximum atomic E-state index is 13.7. The van der Waals surface area contributed by atoms with E-state index in [4.69, 9.17) is 0 Å². The lowest BCUT2D eigenvalue weighted by Gasteiger charge is -2.14. The Kier molecular flexibility index (Phi) is 5.66. The smallest absolute Gasteiger partial charge is 0.293 e. The summed E-state index contributed by atoms with van der Waals surface area (Å²) in [5.41, 5.74) is 0.197. The highest BCUT2D eigenvalue weighted by atomic mass is 32.2. The molecule has 0 spiro atoms. The molecule has 27 heavy (non-hydrogen) atoms.